The number of carbonyl (C=O) groups excluding carboxylic acids is 2. The summed E-state index contributed by atoms with van der Waals surface area (Å²) in [4.78, 5) is 26.1. The van der Waals surface area contributed by atoms with Crippen molar-refractivity contribution in [3.8, 4) is 0 Å². The number of carbonyl (C=O) groups is 2. The molecule has 0 radical (unpaired) electrons. The SMILES string of the molecule is C=C(C)c1cccc(N2C(=O)C=C(c3ccc(Cl)cc3)C2=O)c1. The highest BCUT2D eigenvalue weighted by atomic mass is 35.5. The number of anilines is 1. The van der Waals surface area contributed by atoms with Gasteiger partial charge in [-0.05, 0) is 42.3 Å². The minimum absolute atomic E-state index is 0.337. The molecule has 0 unspecified atom stereocenters. The smallest absolute Gasteiger partial charge is 0.266 e. The molecule has 0 N–H and O–H groups in total. The summed E-state index contributed by atoms with van der Waals surface area (Å²) in [5.41, 5.74) is 3.35. The van der Waals surface area contributed by atoms with E-state index in [1.165, 1.54) is 11.0 Å². The summed E-state index contributed by atoms with van der Waals surface area (Å²) in [6.45, 7) is 5.77. The summed E-state index contributed by atoms with van der Waals surface area (Å²) in [6.07, 6.45) is 1.36. The molecule has 1 heterocycles. The number of hydrogen-bond donors (Lipinski definition) is 0. The van der Waals surface area contributed by atoms with Crippen LogP contribution in [-0.4, -0.2) is 11.8 Å². The molecule has 2 amide bonds. The van der Waals surface area contributed by atoms with Crippen molar-refractivity contribution in [2.45, 2.75) is 6.92 Å². The highest BCUT2D eigenvalue weighted by Gasteiger charge is 2.33. The first-order chi connectivity index (χ1) is 11.0. The number of rotatable bonds is 3. The van der Waals surface area contributed by atoms with Crippen LogP contribution < -0.4 is 4.90 Å². The maximum absolute atomic E-state index is 12.7. The molecule has 3 nitrogen and oxygen atoms in total. The third kappa shape index (κ3) is 2.83. The molecule has 2 aromatic rings. The molecular weight excluding hydrogens is 310 g/mol. The lowest BCUT2D eigenvalue weighted by Crippen LogP contribution is -2.30. The number of hydrogen-bond acceptors (Lipinski definition) is 2. The summed E-state index contributed by atoms with van der Waals surface area (Å²) >= 11 is 5.87. The number of benzene rings is 2. The average molecular weight is 324 g/mol. The maximum Gasteiger partial charge on any atom is 0.266 e. The van der Waals surface area contributed by atoms with Crippen LogP contribution >= 0.6 is 11.6 Å². The third-order valence-corrected chi connectivity index (χ3v) is 3.93. The highest BCUT2D eigenvalue weighted by Crippen LogP contribution is 2.30. The van der Waals surface area contributed by atoms with Gasteiger partial charge in [0.1, 0.15) is 0 Å². The Morgan fingerprint density at radius 1 is 1.09 bits per heavy atom. The van der Waals surface area contributed by atoms with E-state index in [1.54, 1.807) is 42.5 Å². The second kappa shape index (κ2) is 5.86. The summed E-state index contributed by atoms with van der Waals surface area (Å²) in [6, 6.07) is 14.1. The monoisotopic (exact) mass is 323 g/mol. The van der Waals surface area contributed by atoms with Gasteiger partial charge < -0.3 is 0 Å². The van der Waals surface area contributed by atoms with Crippen molar-refractivity contribution in [1.29, 1.82) is 0 Å². The largest absolute Gasteiger partial charge is 0.269 e. The molecule has 4 heteroatoms. The molecule has 0 aromatic heterocycles. The standard InChI is InChI=1S/C19H14ClNO2/c1-12(2)14-4-3-5-16(10-14)21-18(22)11-17(19(21)23)13-6-8-15(20)9-7-13/h3-11H,1H2,2H3. The summed E-state index contributed by atoms with van der Waals surface area (Å²) in [5.74, 6) is -0.685. The van der Waals surface area contributed by atoms with Crippen LogP contribution in [0.3, 0.4) is 0 Å². The number of allylic oxidation sites excluding steroid dienone is 1. The van der Waals surface area contributed by atoms with Crippen LogP contribution in [-0.2, 0) is 9.59 Å². The molecule has 0 fully saturated rings. The minimum Gasteiger partial charge on any atom is -0.269 e. The minimum atomic E-state index is -0.348. The van der Waals surface area contributed by atoms with E-state index in [0.717, 1.165) is 11.1 Å². The molecule has 0 saturated carbocycles. The first kappa shape index (κ1) is 15.3. The number of nitrogens with zero attached hydrogens (tertiary/aromatic N) is 1. The molecule has 0 aliphatic carbocycles. The lowest BCUT2D eigenvalue weighted by molar-refractivity contribution is -0.119. The van der Waals surface area contributed by atoms with Crippen molar-refractivity contribution < 1.29 is 9.59 Å². The van der Waals surface area contributed by atoms with E-state index in [9.17, 15) is 9.59 Å². The van der Waals surface area contributed by atoms with E-state index < -0.39 is 0 Å². The van der Waals surface area contributed by atoms with E-state index in [2.05, 4.69) is 6.58 Å². The van der Waals surface area contributed by atoms with Crippen molar-refractivity contribution in [3.63, 3.8) is 0 Å². The number of imide groups is 1. The van der Waals surface area contributed by atoms with E-state index in [0.29, 0.717) is 21.8 Å². The Morgan fingerprint density at radius 2 is 1.78 bits per heavy atom. The Hall–Kier alpha value is -2.65. The van der Waals surface area contributed by atoms with Gasteiger partial charge >= 0.3 is 0 Å². The Bertz CT molecular complexity index is 850. The van der Waals surface area contributed by atoms with Gasteiger partial charge in [-0.3, -0.25) is 9.59 Å². The van der Waals surface area contributed by atoms with Gasteiger partial charge in [0.05, 0.1) is 11.3 Å². The van der Waals surface area contributed by atoms with E-state index in [1.807, 2.05) is 13.0 Å². The number of halogens is 1. The summed E-state index contributed by atoms with van der Waals surface area (Å²) in [5, 5.41) is 0.581. The first-order valence-electron chi connectivity index (χ1n) is 7.09. The zero-order valence-electron chi connectivity index (χ0n) is 12.5. The van der Waals surface area contributed by atoms with Crippen molar-refractivity contribution >= 4 is 40.2 Å². The van der Waals surface area contributed by atoms with Gasteiger partial charge in [0, 0.05) is 11.1 Å². The Morgan fingerprint density at radius 3 is 2.43 bits per heavy atom. The third-order valence-electron chi connectivity index (χ3n) is 3.67. The second-order valence-corrected chi connectivity index (χ2v) is 5.81. The molecule has 0 saturated heterocycles. The van der Waals surface area contributed by atoms with Gasteiger partial charge in [-0.25, -0.2) is 4.90 Å². The topological polar surface area (TPSA) is 37.4 Å². The lowest BCUT2D eigenvalue weighted by Gasteiger charge is -2.16. The molecule has 3 rings (SSSR count). The fourth-order valence-electron chi connectivity index (χ4n) is 2.46. The Kier molecular flexibility index (Phi) is 3.89. The van der Waals surface area contributed by atoms with Gasteiger partial charge in [0.15, 0.2) is 0 Å². The summed E-state index contributed by atoms with van der Waals surface area (Å²) < 4.78 is 0. The van der Waals surface area contributed by atoms with Gasteiger partial charge in [-0.1, -0.05) is 48.0 Å². The fraction of sp³-hybridized carbons (Fsp3) is 0.0526. The average Bonchev–Trinajstić information content (AvgIpc) is 2.83. The Balaban J connectivity index is 1.97. The van der Waals surface area contributed by atoms with Gasteiger partial charge in [0.25, 0.3) is 11.8 Å². The predicted molar refractivity (Wildman–Crippen MR) is 93.1 cm³/mol. The van der Waals surface area contributed by atoms with Crippen molar-refractivity contribution in [3.05, 3.63) is 77.3 Å². The lowest BCUT2D eigenvalue weighted by atomic mass is 10.1. The van der Waals surface area contributed by atoms with E-state index in [4.69, 9.17) is 11.6 Å². The van der Waals surface area contributed by atoms with Crippen LogP contribution in [0.4, 0.5) is 5.69 Å². The fourth-order valence-corrected chi connectivity index (χ4v) is 2.59. The van der Waals surface area contributed by atoms with Crippen LogP contribution in [0.1, 0.15) is 18.1 Å². The second-order valence-electron chi connectivity index (χ2n) is 5.37. The van der Waals surface area contributed by atoms with Crippen molar-refractivity contribution in [2.24, 2.45) is 0 Å². The summed E-state index contributed by atoms with van der Waals surface area (Å²) in [7, 11) is 0. The molecule has 0 bridgehead atoms. The molecule has 23 heavy (non-hydrogen) atoms. The van der Waals surface area contributed by atoms with Crippen LogP contribution in [0, 0.1) is 0 Å². The molecular formula is C19H14ClNO2. The number of amides is 2. The van der Waals surface area contributed by atoms with Crippen molar-refractivity contribution in [1.82, 2.24) is 0 Å². The van der Waals surface area contributed by atoms with E-state index >= 15 is 0 Å². The maximum atomic E-state index is 12.7. The first-order valence-corrected chi connectivity index (χ1v) is 7.47. The molecule has 1 aliphatic rings. The van der Waals surface area contributed by atoms with Crippen LogP contribution in [0.2, 0.25) is 5.02 Å². The van der Waals surface area contributed by atoms with Crippen LogP contribution in [0.25, 0.3) is 11.1 Å². The van der Waals surface area contributed by atoms with Crippen LogP contribution in [0.5, 0.6) is 0 Å². The normalized spacial score (nSPS) is 14.2. The zero-order valence-corrected chi connectivity index (χ0v) is 13.3. The van der Waals surface area contributed by atoms with Gasteiger partial charge in [-0.2, -0.15) is 0 Å². The van der Waals surface area contributed by atoms with Gasteiger partial charge in [-0.15, -0.1) is 0 Å². The van der Waals surface area contributed by atoms with Crippen LogP contribution in [0.15, 0.2) is 61.2 Å². The molecule has 1 aliphatic heterocycles. The Labute approximate surface area is 139 Å². The predicted octanol–water partition coefficient (Wildman–Crippen LogP) is 4.33. The van der Waals surface area contributed by atoms with Crippen molar-refractivity contribution in [2.75, 3.05) is 4.90 Å². The highest BCUT2D eigenvalue weighted by molar-refractivity contribution is 6.43. The molecule has 0 atom stereocenters. The zero-order chi connectivity index (χ0) is 16.6. The van der Waals surface area contributed by atoms with Gasteiger partial charge in [0.2, 0.25) is 0 Å². The quantitative estimate of drug-likeness (QED) is 0.788. The molecule has 2 aromatic carbocycles. The molecule has 114 valence electrons. The van der Waals surface area contributed by atoms with E-state index in [-0.39, 0.29) is 11.8 Å². The molecule has 0 spiro atoms.